The number of methoxy groups -OCH3 is 1. The van der Waals surface area contributed by atoms with Crippen LogP contribution in [0.2, 0.25) is 0 Å². The predicted octanol–water partition coefficient (Wildman–Crippen LogP) is 1.13. The van der Waals surface area contributed by atoms with Gasteiger partial charge < -0.3 is 10.1 Å². The van der Waals surface area contributed by atoms with Gasteiger partial charge in [-0.05, 0) is 31.5 Å². The van der Waals surface area contributed by atoms with Gasteiger partial charge in [-0.2, -0.15) is 0 Å². The van der Waals surface area contributed by atoms with Crippen LogP contribution < -0.4 is 10.0 Å². The van der Waals surface area contributed by atoms with Crippen molar-refractivity contribution in [1.29, 1.82) is 0 Å². The zero-order chi connectivity index (χ0) is 15.3. The molecular weight excluding hydrogens is 280 g/mol. The Morgan fingerprint density at radius 3 is 2.60 bits per heavy atom. The molecule has 0 aliphatic heterocycles. The van der Waals surface area contributed by atoms with Crippen molar-refractivity contribution >= 4 is 21.6 Å². The summed E-state index contributed by atoms with van der Waals surface area (Å²) in [5, 5.41) is 2.79. The van der Waals surface area contributed by atoms with E-state index in [-0.39, 0.29) is 11.9 Å². The van der Waals surface area contributed by atoms with Crippen LogP contribution in [-0.2, 0) is 14.8 Å². The Bertz CT molecular complexity index is 584. The highest BCUT2D eigenvalue weighted by Gasteiger charge is 2.15. The molecule has 112 valence electrons. The molecule has 7 heteroatoms. The number of anilines is 1. The lowest BCUT2D eigenvalue weighted by Crippen LogP contribution is -2.36. The molecule has 6 nitrogen and oxygen atoms in total. The quantitative estimate of drug-likeness (QED) is 0.825. The number of rotatable bonds is 6. The molecule has 1 aromatic carbocycles. The van der Waals surface area contributed by atoms with Crippen LogP contribution in [0.15, 0.2) is 18.2 Å². The first-order valence-electron chi connectivity index (χ1n) is 6.12. The molecule has 1 atom stereocenters. The summed E-state index contributed by atoms with van der Waals surface area (Å²) in [7, 11) is -1.82. The minimum atomic E-state index is -3.38. The van der Waals surface area contributed by atoms with Crippen molar-refractivity contribution in [1.82, 2.24) is 5.32 Å². The van der Waals surface area contributed by atoms with Gasteiger partial charge in [0.15, 0.2) is 0 Å². The third-order valence-electron chi connectivity index (χ3n) is 2.67. The maximum Gasteiger partial charge on any atom is 0.251 e. The van der Waals surface area contributed by atoms with E-state index in [1.54, 1.807) is 32.2 Å². The lowest BCUT2D eigenvalue weighted by Gasteiger charge is -2.15. The molecule has 0 radical (unpaired) electrons. The Morgan fingerprint density at radius 2 is 2.05 bits per heavy atom. The van der Waals surface area contributed by atoms with Gasteiger partial charge in [0, 0.05) is 18.7 Å². The molecule has 0 aliphatic carbocycles. The molecule has 0 saturated heterocycles. The molecule has 20 heavy (non-hydrogen) atoms. The molecule has 1 rings (SSSR count). The Morgan fingerprint density at radius 1 is 1.40 bits per heavy atom. The molecule has 0 fully saturated rings. The highest BCUT2D eigenvalue weighted by Crippen LogP contribution is 2.19. The average molecular weight is 300 g/mol. The Hall–Kier alpha value is -1.60. The normalized spacial score (nSPS) is 12.8. The van der Waals surface area contributed by atoms with Crippen LogP contribution in [0.4, 0.5) is 5.69 Å². The summed E-state index contributed by atoms with van der Waals surface area (Å²) >= 11 is 0. The first-order chi connectivity index (χ1) is 9.24. The number of hydrogen-bond donors (Lipinski definition) is 2. The van der Waals surface area contributed by atoms with E-state index in [0.717, 1.165) is 6.26 Å². The van der Waals surface area contributed by atoms with E-state index in [0.29, 0.717) is 23.4 Å². The maximum atomic E-state index is 12.1. The third-order valence-corrected chi connectivity index (χ3v) is 3.26. The fourth-order valence-corrected chi connectivity index (χ4v) is 2.41. The second-order valence-electron chi connectivity index (χ2n) is 4.68. The average Bonchev–Trinajstić information content (AvgIpc) is 2.30. The lowest BCUT2D eigenvalue weighted by molar-refractivity contribution is 0.0905. The number of ether oxygens (including phenoxy) is 1. The molecule has 0 heterocycles. The Kier molecular flexibility index (Phi) is 5.52. The highest BCUT2D eigenvalue weighted by atomic mass is 32.2. The Labute approximate surface area is 119 Å². The van der Waals surface area contributed by atoms with Gasteiger partial charge in [-0.3, -0.25) is 9.52 Å². The summed E-state index contributed by atoms with van der Waals surface area (Å²) < 4.78 is 29.9. The lowest BCUT2D eigenvalue weighted by atomic mass is 10.1. The largest absolute Gasteiger partial charge is 0.383 e. The van der Waals surface area contributed by atoms with Crippen molar-refractivity contribution < 1.29 is 17.9 Å². The molecule has 0 aromatic heterocycles. The maximum absolute atomic E-state index is 12.1. The fourth-order valence-electron chi connectivity index (χ4n) is 1.79. The van der Waals surface area contributed by atoms with Crippen molar-refractivity contribution in [3.05, 3.63) is 29.3 Å². The van der Waals surface area contributed by atoms with Crippen LogP contribution in [0.3, 0.4) is 0 Å². The summed E-state index contributed by atoms with van der Waals surface area (Å²) in [6, 6.07) is 4.78. The molecule has 0 unspecified atom stereocenters. The predicted molar refractivity (Wildman–Crippen MR) is 78.4 cm³/mol. The van der Waals surface area contributed by atoms with E-state index < -0.39 is 10.0 Å². The fraction of sp³-hybridized carbons (Fsp3) is 0.462. The SMILES string of the molecule is COC[C@H](C)NC(=O)c1cccc(NS(C)(=O)=O)c1C. The number of carbonyl (C=O) groups excluding carboxylic acids is 1. The first kappa shape index (κ1) is 16.5. The minimum Gasteiger partial charge on any atom is -0.383 e. The van der Waals surface area contributed by atoms with Gasteiger partial charge in [0.2, 0.25) is 10.0 Å². The number of sulfonamides is 1. The van der Waals surface area contributed by atoms with E-state index in [2.05, 4.69) is 10.0 Å². The summed E-state index contributed by atoms with van der Waals surface area (Å²) in [5.74, 6) is -0.260. The van der Waals surface area contributed by atoms with Gasteiger partial charge in [-0.25, -0.2) is 8.42 Å². The van der Waals surface area contributed by atoms with Crippen molar-refractivity contribution in [2.24, 2.45) is 0 Å². The zero-order valence-corrected chi connectivity index (χ0v) is 12.9. The number of hydrogen-bond acceptors (Lipinski definition) is 4. The number of benzene rings is 1. The van der Waals surface area contributed by atoms with Gasteiger partial charge in [0.25, 0.3) is 5.91 Å². The van der Waals surface area contributed by atoms with Gasteiger partial charge in [-0.15, -0.1) is 0 Å². The van der Waals surface area contributed by atoms with Crippen LogP contribution in [0.5, 0.6) is 0 Å². The second kappa shape index (κ2) is 6.71. The number of amides is 1. The summed E-state index contributed by atoms with van der Waals surface area (Å²) in [5.41, 5.74) is 1.42. The Balaban J connectivity index is 2.96. The minimum absolute atomic E-state index is 0.126. The van der Waals surface area contributed by atoms with Gasteiger partial charge in [0.1, 0.15) is 0 Å². The summed E-state index contributed by atoms with van der Waals surface area (Å²) in [4.78, 5) is 12.1. The summed E-state index contributed by atoms with van der Waals surface area (Å²) in [6.07, 6.45) is 1.07. The van der Waals surface area contributed by atoms with Crippen LogP contribution in [0.25, 0.3) is 0 Å². The standard InChI is InChI=1S/C13H20N2O4S/c1-9(8-19-3)14-13(16)11-6-5-7-12(10(11)2)15-20(4,17)18/h5-7,9,15H,8H2,1-4H3,(H,14,16)/t9-/m0/s1. The molecule has 1 aromatic rings. The van der Waals surface area contributed by atoms with Crippen molar-refractivity contribution in [2.45, 2.75) is 19.9 Å². The van der Waals surface area contributed by atoms with E-state index in [1.807, 2.05) is 6.92 Å². The topological polar surface area (TPSA) is 84.5 Å². The van der Waals surface area contributed by atoms with Crippen LogP contribution >= 0.6 is 0 Å². The smallest absolute Gasteiger partial charge is 0.251 e. The van der Waals surface area contributed by atoms with Crippen LogP contribution in [-0.4, -0.2) is 40.3 Å². The van der Waals surface area contributed by atoms with Gasteiger partial charge >= 0.3 is 0 Å². The molecular formula is C13H20N2O4S. The van der Waals surface area contributed by atoms with Gasteiger partial charge in [-0.1, -0.05) is 6.07 Å². The van der Waals surface area contributed by atoms with Crippen LogP contribution in [0, 0.1) is 6.92 Å². The van der Waals surface area contributed by atoms with Crippen molar-refractivity contribution in [2.75, 3.05) is 24.7 Å². The monoisotopic (exact) mass is 300 g/mol. The van der Waals surface area contributed by atoms with Crippen molar-refractivity contribution in [3.63, 3.8) is 0 Å². The van der Waals surface area contributed by atoms with Crippen LogP contribution in [0.1, 0.15) is 22.8 Å². The van der Waals surface area contributed by atoms with Crippen molar-refractivity contribution in [3.8, 4) is 0 Å². The first-order valence-corrected chi connectivity index (χ1v) is 8.01. The van der Waals surface area contributed by atoms with E-state index >= 15 is 0 Å². The molecule has 0 bridgehead atoms. The molecule has 0 saturated carbocycles. The number of nitrogens with one attached hydrogen (secondary N) is 2. The van der Waals surface area contributed by atoms with E-state index in [1.165, 1.54) is 0 Å². The zero-order valence-electron chi connectivity index (χ0n) is 12.1. The summed E-state index contributed by atoms with van der Waals surface area (Å²) in [6.45, 7) is 3.94. The number of carbonyl (C=O) groups is 1. The molecule has 0 spiro atoms. The molecule has 2 N–H and O–H groups in total. The highest BCUT2D eigenvalue weighted by molar-refractivity contribution is 7.92. The third kappa shape index (κ3) is 4.82. The molecule has 0 aliphatic rings. The van der Waals surface area contributed by atoms with Gasteiger partial charge in [0.05, 0.1) is 18.6 Å². The van der Waals surface area contributed by atoms with E-state index in [9.17, 15) is 13.2 Å². The molecule has 1 amide bonds. The van der Waals surface area contributed by atoms with E-state index in [4.69, 9.17) is 4.74 Å². The second-order valence-corrected chi connectivity index (χ2v) is 6.43.